The average Bonchev–Trinajstić information content (AvgIpc) is 3.26. The van der Waals surface area contributed by atoms with Crippen molar-refractivity contribution in [2.24, 2.45) is 0 Å². The molecule has 0 aromatic carbocycles. The molecular formula is C55H107NO8P+. The van der Waals surface area contributed by atoms with Gasteiger partial charge in [-0.1, -0.05) is 231 Å². The molecule has 0 spiro atoms. The number of nitrogens with zero attached hydrogens (tertiary/aromatic N) is 1. The lowest BCUT2D eigenvalue weighted by molar-refractivity contribution is -0.870. The van der Waals surface area contributed by atoms with Gasteiger partial charge in [-0.3, -0.25) is 18.6 Å². The Morgan fingerprint density at radius 3 is 1.23 bits per heavy atom. The first-order chi connectivity index (χ1) is 31.5. The lowest BCUT2D eigenvalue weighted by Gasteiger charge is -2.24. The predicted octanol–water partition coefficient (Wildman–Crippen LogP) is 16.6. The minimum atomic E-state index is -4.39. The zero-order valence-corrected chi connectivity index (χ0v) is 44.4. The molecule has 0 heterocycles. The van der Waals surface area contributed by atoms with Crippen molar-refractivity contribution >= 4 is 19.8 Å². The minimum Gasteiger partial charge on any atom is -0.462 e. The van der Waals surface area contributed by atoms with E-state index >= 15 is 0 Å². The highest BCUT2D eigenvalue weighted by Crippen LogP contribution is 2.43. The number of likely N-dealkylation sites (N-methyl/N-ethyl adjacent to an activating group) is 1. The number of rotatable bonds is 51. The van der Waals surface area contributed by atoms with E-state index in [2.05, 4.69) is 38.2 Å². The van der Waals surface area contributed by atoms with E-state index in [0.717, 1.165) is 32.1 Å². The SMILES string of the molecule is CCCCCCCCCCCCCCCC/C=C/CC/C=C/CCCC(=O)OC[C@@H](COP(=O)(O)OCC[N+](C)(C)C)OC(=O)CCCCCCCCCCCCCCCCCCCC. The third-order valence-corrected chi connectivity index (χ3v) is 13.2. The van der Waals surface area contributed by atoms with Crippen LogP contribution < -0.4 is 0 Å². The topological polar surface area (TPSA) is 108 Å². The fourth-order valence-corrected chi connectivity index (χ4v) is 8.66. The Kier molecular flexibility index (Phi) is 46.4. The third-order valence-electron chi connectivity index (χ3n) is 12.2. The number of phosphoric ester groups is 1. The lowest BCUT2D eigenvalue weighted by atomic mass is 10.0. The molecule has 65 heavy (non-hydrogen) atoms. The van der Waals surface area contributed by atoms with Crippen LogP contribution >= 0.6 is 7.82 Å². The summed E-state index contributed by atoms with van der Waals surface area (Å²) < 4.78 is 34.5. The molecule has 0 amide bonds. The van der Waals surface area contributed by atoms with Crippen LogP contribution in [-0.2, 0) is 32.7 Å². The van der Waals surface area contributed by atoms with Gasteiger partial charge in [-0.25, -0.2) is 4.57 Å². The van der Waals surface area contributed by atoms with Crippen LogP contribution in [0.4, 0.5) is 0 Å². The Morgan fingerprint density at radius 2 is 0.815 bits per heavy atom. The number of esters is 2. The molecule has 0 bridgehead atoms. The summed E-state index contributed by atoms with van der Waals surface area (Å²) >= 11 is 0. The van der Waals surface area contributed by atoms with Gasteiger partial charge in [0.15, 0.2) is 6.10 Å². The summed E-state index contributed by atoms with van der Waals surface area (Å²) in [5.41, 5.74) is 0. The van der Waals surface area contributed by atoms with Crippen LogP contribution in [0.5, 0.6) is 0 Å². The van der Waals surface area contributed by atoms with Gasteiger partial charge in [0, 0.05) is 12.8 Å². The van der Waals surface area contributed by atoms with Gasteiger partial charge in [0.2, 0.25) is 0 Å². The summed E-state index contributed by atoms with van der Waals surface area (Å²) in [6.45, 7) is 4.44. The highest BCUT2D eigenvalue weighted by molar-refractivity contribution is 7.47. The minimum absolute atomic E-state index is 0.0286. The van der Waals surface area contributed by atoms with Crippen molar-refractivity contribution in [3.8, 4) is 0 Å². The first-order valence-electron chi connectivity index (χ1n) is 27.6. The fraction of sp³-hybridized carbons (Fsp3) is 0.891. The average molecular weight is 941 g/mol. The van der Waals surface area contributed by atoms with Crippen molar-refractivity contribution in [1.82, 2.24) is 0 Å². The number of allylic oxidation sites excluding steroid dienone is 4. The van der Waals surface area contributed by atoms with Crippen LogP contribution in [0.2, 0.25) is 0 Å². The largest absolute Gasteiger partial charge is 0.472 e. The number of ether oxygens (including phenoxy) is 2. The fourth-order valence-electron chi connectivity index (χ4n) is 7.92. The quantitative estimate of drug-likeness (QED) is 0.0211. The molecule has 9 nitrogen and oxygen atoms in total. The normalized spacial score (nSPS) is 13.5. The lowest BCUT2D eigenvalue weighted by Crippen LogP contribution is -2.37. The molecule has 10 heteroatoms. The summed E-state index contributed by atoms with van der Waals surface area (Å²) in [4.78, 5) is 35.6. The van der Waals surface area contributed by atoms with E-state index in [4.69, 9.17) is 18.5 Å². The van der Waals surface area contributed by atoms with Crippen LogP contribution in [-0.4, -0.2) is 74.9 Å². The number of phosphoric acid groups is 1. The molecule has 384 valence electrons. The number of unbranched alkanes of at least 4 members (excludes halogenated alkanes) is 33. The zero-order valence-electron chi connectivity index (χ0n) is 43.5. The first kappa shape index (κ1) is 63.5. The molecular weight excluding hydrogens is 834 g/mol. The van der Waals surface area contributed by atoms with Crippen molar-refractivity contribution in [2.75, 3.05) is 47.5 Å². The van der Waals surface area contributed by atoms with Crippen molar-refractivity contribution in [3.63, 3.8) is 0 Å². The van der Waals surface area contributed by atoms with Gasteiger partial charge in [0.1, 0.15) is 19.8 Å². The van der Waals surface area contributed by atoms with Crippen LogP contribution in [0.1, 0.15) is 264 Å². The second-order valence-corrected chi connectivity index (χ2v) is 21.4. The van der Waals surface area contributed by atoms with Gasteiger partial charge in [-0.2, -0.15) is 0 Å². The highest BCUT2D eigenvalue weighted by Gasteiger charge is 2.27. The van der Waals surface area contributed by atoms with Crippen LogP contribution in [0.25, 0.3) is 0 Å². The molecule has 0 saturated carbocycles. The molecule has 0 aliphatic carbocycles. The zero-order chi connectivity index (χ0) is 47.8. The van der Waals surface area contributed by atoms with E-state index in [1.54, 1.807) is 0 Å². The Labute approximate surface area is 402 Å². The number of carbonyl (C=O) groups excluding carboxylic acids is 2. The molecule has 0 radical (unpaired) electrons. The molecule has 0 aliphatic rings. The van der Waals surface area contributed by atoms with Crippen molar-refractivity contribution < 1.29 is 42.1 Å². The summed E-state index contributed by atoms with van der Waals surface area (Å²) in [7, 11) is 1.47. The van der Waals surface area contributed by atoms with Crippen molar-refractivity contribution in [1.29, 1.82) is 0 Å². The maximum absolute atomic E-state index is 12.8. The second kappa shape index (κ2) is 47.6. The molecule has 2 atom stereocenters. The standard InChI is InChI=1S/C55H106NO8P/c1-6-8-10-12-14-16-18-20-22-24-26-27-28-29-30-32-33-35-37-39-41-43-45-47-54(57)61-51-53(52-63-65(59,60)62-50-49-56(3,4)5)64-55(58)48-46-44-42-40-38-36-34-31-25-23-21-19-17-15-13-11-9-7-2/h32-33,39,41,53H,6-31,34-38,40,42-52H2,1-5H3/p+1/b33-32+,41-39+/t53-/m0/s1. The van der Waals surface area contributed by atoms with Gasteiger partial charge in [0.05, 0.1) is 27.7 Å². The van der Waals surface area contributed by atoms with Gasteiger partial charge >= 0.3 is 19.8 Å². The number of carbonyl (C=O) groups is 2. The van der Waals surface area contributed by atoms with Crippen molar-refractivity contribution in [2.45, 2.75) is 270 Å². The van der Waals surface area contributed by atoms with Gasteiger partial charge in [-0.05, 0) is 44.9 Å². The number of hydrogen-bond donors (Lipinski definition) is 1. The monoisotopic (exact) mass is 941 g/mol. The number of quaternary nitrogens is 1. The number of hydrogen-bond acceptors (Lipinski definition) is 7. The molecule has 0 saturated heterocycles. The third kappa shape index (κ3) is 51.7. The van der Waals surface area contributed by atoms with Gasteiger partial charge in [-0.15, -0.1) is 0 Å². The molecule has 1 unspecified atom stereocenters. The van der Waals surface area contributed by atoms with E-state index in [9.17, 15) is 19.0 Å². The van der Waals surface area contributed by atoms with Gasteiger partial charge < -0.3 is 18.9 Å². The predicted molar refractivity (Wildman–Crippen MR) is 275 cm³/mol. The molecule has 0 aromatic heterocycles. The van der Waals surface area contributed by atoms with E-state index in [1.807, 2.05) is 21.1 Å². The highest BCUT2D eigenvalue weighted by atomic mass is 31.2. The van der Waals surface area contributed by atoms with E-state index in [1.165, 1.54) is 193 Å². The summed E-state index contributed by atoms with van der Waals surface area (Å²) in [6.07, 6.45) is 55.4. The molecule has 0 fully saturated rings. The first-order valence-corrected chi connectivity index (χ1v) is 29.1. The van der Waals surface area contributed by atoms with Crippen LogP contribution in [0.15, 0.2) is 24.3 Å². The molecule has 0 aliphatic heterocycles. The second-order valence-electron chi connectivity index (χ2n) is 20.0. The Morgan fingerprint density at radius 1 is 0.462 bits per heavy atom. The van der Waals surface area contributed by atoms with E-state index in [0.29, 0.717) is 23.9 Å². The van der Waals surface area contributed by atoms with E-state index in [-0.39, 0.29) is 26.1 Å². The smallest absolute Gasteiger partial charge is 0.462 e. The van der Waals surface area contributed by atoms with Crippen LogP contribution in [0, 0.1) is 0 Å². The summed E-state index contributed by atoms with van der Waals surface area (Å²) in [5.74, 6) is -0.833. The van der Waals surface area contributed by atoms with Crippen LogP contribution in [0.3, 0.4) is 0 Å². The molecule has 0 aromatic rings. The maximum atomic E-state index is 12.8. The molecule has 1 N–H and O–H groups in total. The van der Waals surface area contributed by atoms with E-state index < -0.39 is 32.5 Å². The Hall–Kier alpha value is -1.51. The Balaban J connectivity index is 4.22. The maximum Gasteiger partial charge on any atom is 0.472 e. The van der Waals surface area contributed by atoms with Gasteiger partial charge in [0.25, 0.3) is 0 Å². The summed E-state index contributed by atoms with van der Waals surface area (Å²) in [6, 6.07) is 0. The summed E-state index contributed by atoms with van der Waals surface area (Å²) in [5, 5.41) is 0. The molecule has 0 rings (SSSR count). The Bertz CT molecular complexity index is 1150. The van der Waals surface area contributed by atoms with Crippen molar-refractivity contribution in [3.05, 3.63) is 24.3 Å².